The molecule has 1 N–H and O–H groups in total. The van der Waals surface area contributed by atoms with E-state index in [9.17, 15) is 0 Å². The Bertz CT molecular complexity index is 851. The van der Waals surface area contributed by atoms with Crippen molar-refractivity contribution in [1.29, 1.82) is 0 Å². The zero-order valence-electron chi connectivity index (χ0n) is 13.0. The van der Waals surface area contributed by atoms with Crippen LogP contribution in [0.15, 0.2) is 31.0 Å². The lowest BCUT2D eigenvalue weighted by atomic mass is 10.00. The van der Waals surface area contributed by atoms with Crippen molar-refractivity contribution in [1.82, 2.24) is 15.0 Å². The van der Waals surface area contributed by atoms with Gasteiger partial charge in [0.05, 0.1) is 20.9 Å². The van der Waals surface area contributed by atoms with Gasteiger partial charge in [0.25, 0.3) is 0 Å². The molecule has 0 aliphatic heterocycles. The van der Waals surface area contributed by atoms with Gasteiger partial charge >= 0.3 is 0 Å². The summed E-state index contributed by atoms with van der Waals surface area (Å²) in [6.45, 7) is 11.1. The molecule has 2 heterocycles. The summed E-state index contributed by atoms with van der Waals surface area (Å²) in [5.41, 5.74) is 4.96. The molecule has 0 aliphatic carbocycles. The second kappa shape index (κ2) is 5.85. The average molecular weight is 310 g/mol. The van der Waals surface area contributed by atoms with Gasteiger partial charge in [0.15, 0.2) is 0 Å². The Morgan fingerprint density at radius 3 is 2.82 bits per heavy atom. The monoisotopic (exact) mass is 310 g/mol. The number of nitrogens with zero attached hydrogens (tertiary/aromatic N) is 3. The minimum absolute atomic E-state index is 0.657. The Balaban J connectivity index is 1.97. The number of nitrogens with one attached hydrogen (secondary N) is 1. The second-order valence-corrected chi connectivity index (χ2v) is 6.35. The SMILES string of the molecule is C=C(c1ccc2nc(C)sc2c1)c1cnc(NCC)nc1C. The first-order valence-corrected chi connectivity index (χ1v) is 8.04. The average Bonchev–Trinajstić information content (AvgIpc) is 2.86. The Hall–Kier alpha value is -2.27. The summed E-state index contributed by atoms with van der Waals surface area (Å²) in [5, 5.41) is 4.20. The van der Waals surface area contributed by atoms with Gasteiger partial charge in [-0.15, -0.1) is 11.3 Å². The van der Waals surface area contributed by atoms with Crippen LogP contribution in [0.4, 0.5) is 5.95 Å². The molecule has 5 heteroatoms. The first kappa shape index (κ1) is 14.7. The normalized spacial score (nSPS) is 10.9. The number of rotatable bonds is 4. The van der Waals surface area contributed by atoms with Crippen LogP contribution in [-0.2, 0) is 0 Å². The maximum Gasteiger partial charge on any atom is 0.222 e. The molecular weight excluding hydrogens is 292 g/mol. The Morgan fingerprint density at radius 2 is 2.09 bits per heavy atom. The molecule has 0 spiro atoms. The molecule has 4 nitrogen and oxygen atoms in total. The van der Waals surface area contributed by atoms with Crippen molar-refractivity contribution in [3.63, 3.8) is 0 Å². The predicted octanol–water partition coefficient (Wildman–Crippen LogP) is 4.20. The summed E-state index contributed by atoms with van der Waals surface area (Å²) < 4.78 is 1.18. The Kier molecular flexibility index (Phi) is 3.90. The fraction of sp³-hybridized carbons (Fsp3) is 0.235. The van der Waals surface area contributed by atoms with Gasteiger partial charge < -0.3 is 5.32 Å². The van der Waals surface area contributed by atoms with Crippen LogP contribution in [0, 0.1) is 13.8 Å². The number of aromatic nitrogens is 3. The van der Waals surface area contributed by atoms with E-state index < -0.39 is 0 Å². The smallest absolute Gasteiger partial charge is 0.222 e. The molecule has 2 aromatic heterocycles. The topological polar surface area (TPSA) is 50.7 Å². The quantitative estimate of drug-likeness (QED) is 0.785. The Morgan fingerprint density at radius 1 is 1.27 bits per heavy atom. The summed E-state index contributed by atoms with van der Waals surface area (Å²) in [5.74, 6) is 0.657. The fourth-order valence-corrected chi connectivity index (χ4v) is 3.26. The molecule has 3 aromatic rings. The minimum atomic E-state index is 0.657. The van der Waals surface area contributed by atoms with E-state index in [4.69, 9.17) is 0 Å². The summed E-state index contributed by atoms with van der Waals surface area (Å²) in [6.07, 6.45) is 1.84. The van der Waals surface area contributed by atoms with E-state index >= 15 is 0 Å². The van der Waals surface area contributed by atoms with Gasteiger partial charge in [-0.25, -0.2) is 15.0 Å². The van der Waals surface area contributed by atoms with Crippen molar-refractivity contribution < 1.29 is 0 Å². The highest BCUT2D eigenvalue weighted by atomic mass is 32.1. The van der Waals surface area contributed by atoms with Crippen molar-refractivity contribution in [3.05, 3.63) is 52.8 Å². The lowest BCUT2D eigenvalue weighted by molar-refractivity contribution is 1.04. The highest BCUT2D eigenvalue weighted by Gasteiger charge is 2.10. The molecule has 0 saturated heterocycles. The van der Waals surface area contributed by atoms with Crippen LogP contribution in [0.2, 0.25) is 0 Å². The van der Waals surface area contributed by atoms with Crippen LogP contribution < -0.4 is 5.32 Å². The zero-order valence-corrected chi connectivity index (χ0v) is 13.8. The Labute approximate surface area is 134 Å². The molecule has 0 fully saturated rings. The molecule has 0 amide bonds. The van der Waals surface area contributed by atoms with Gasteiger partial charge in [0.1, 0.15) is 0 Å². The third kappa shape index (κ3) is 2.72. The number of fused-ring (bicyclic) bond motifs is 1. The second-order valence-electron chi connectivity index (χ2n) is 5.12. The maximum atomic E-state index is 4.49. The van der Waals surface area contributed by atoms with Gasteiger partial charge in [-0.2, -0.15) is 0 Å². The third-order valence-electron chi connectivity index (χ3n) is 3.48. The van der Waals surface area contributed by atoms with E-state index in [1.54, 1.807) is 11.3 Å². The molecule has 0 atom stereocenters. The van der Waals surface area contributed by atoms with Crippen LogP contribution in [0.1, 0.15) is 28.8 Å². The van der Waals surface area contributed by atoms with Crippen molar-refractivity contribution in [2.45, 2.75) is 20.8 Å². The van der Waals surface area contributed by atoms with Crippen LogP contribution in [0.3, 0.4) is 0 Å². The van der Waals surface area contributed by atoms with E-state index in [0.29, 0.717) is 5.95 Å². The molecule has 112 valence electrons. The molecule has 0 aliphatic rings. The molecule has 0 saturated carbocycles. The maximum absolute atomic E-state index is 4.49. The van der Waals surface area contributed by atoms with Gasteiger partial charge in [-0.05, 0) is 44.0 Å². The van der Waals surface area contributed by atoms with Crippen LogP contribution in [0.5, 0.6) is 0 Å². The van der Waals surface area contributed by atoms with Crippen LogP contribution >= 0.6 is 11.3 Å². The van der Waals surface area contributed by atoms with E-state index in [1.165, 1.54) is 4.70 Å². The standard InChI is InChI=1S/C17H18N4S/c1-5-18-17-19-9-14(11(3)20-17)10(2)13-6-7-15-16(8-13)22-12(4)21-15/h6-9H,2,5H2,1,3-4H3,(H,18,19,20). The highest BCUT2D eigenvalue weighted by molar-refractivity contribution is 7.18. The first-order chi connectivity index (χ1) is 10.6. The van der Waals surface area contributed by atoms with Crippen LogP contribution in [-0.4, -0.2) is 21.5 Å². The summed E-state index contributed by atoms with van der Waals surface area (Å²) in [6, 6.07) is 6.24. The molecular formula is C17H18N4S. The number of hydrogen-bond donors (Lipinski definition) is 1. The molecule has 3 rings (SSSR count). The van der Waals surface area contributed by atoms with Gasteiger partial charge in [-0.1, -0.05) is 12.6 Å². The van der Waals surface area contributed by atoms with Crippen LogP contribution in [0.25, 0.3) is 15.8 Å². The summed E-state index contributed by atoms with van der Waals surface area (Å²) in [4.78, 5) is 13.3. The summed E-state index contributed by atoms with van der Waals surface area (Å²) in [7, 11) is 0. The van der Waals surface area contributed by atoms with Crippen molar-refractivity contribution >= 4 is 33.1 Å². The zero-order chi connectivity index (χ0) is 15.7. The lowest BCUT2D eigenvalue weighted by Gasteiger charge is -2.10. The minimum Gasteiger partial charge on any atom is -0.354 e. The van der Waals surface area contributed by atoms with Gasteiger partial charge in [-0.3, -0.25) is 0 Å². The van der Waals surface area contributed by atoms with E-state index in [-0.39, 0.29) is 0 Å². The van der Waals surface area contributed by atoms with Crippen molar-refractivity contribution in [3.8, 4) is 0 Å². The highest BCUT2D eigenvalue weighted by Crippen LogP contribution is 2.29. The van der Waals surface area contributed by atoms with Gasteiger partial charge in [0.2, 0.25) is 5.95 Å². The molecule has 22 heavy (non-hydrogen) atoms. The first-order valence-electron chi connectivity index (χ1n) is 7.23. The molecule has 0 unspecified atom stereocenters. The summed E-state index contributed by atoms with van der Waals surface area (Å²) >= 11 is 1.70. The van der Waals surface area contributed by atoms with E-state index in [1.807, 2.05) is 33.0 Å². The van der Waals surface area contributed by atoms with Crippen molar-refractivity contribution in [2.75, 3.05) is 11.9 Å². The third-order valence-corrected chi connectivity index (χ3v) is 4.42. The van der Waals surface area contributed by atoms with Crippen molar-refractivity contribution in [2.24, 2.45) is 0 Å². The number of benzene rings is 1. The number of anilines is 1. The molecule has 0 radical (unpaired) electrons. The number of aryl methyl sites for hydroxylation is 2. The fourth-order valence-electron chi connectivity index (χ4n) is 2.39. The van der Waals surface area contributed by atoms with E-state index in [2.05, 4.69) is 39.0 Å². The molecule has 1 aromatic carbocycles. The molecule has 0 bridgehead atoms. The van der Waals surface area contributed by atoms with E-state index in [0.717, 1.165) is 39.5 Å². The number of hydrogen-bond acceptors (Lipinski definition) is 5. The lowest BCUT2D eigenvalue weighted by Crippen LogP contribution is -2.04. The largest absolute Gasteiger partial charge is 0.354 e. The predicted molar refractivity (Wildman–Crippen MR) is 93.4 cm³/mol. The van der Waals surface area contributed by atoms with Gasteiger partial charge in [0, 0.05) is 18.3 Å². The number of thiazole rings is 1.